The van der Waals surface area contributed by atoms with Crippen molar-refractivity contribution in [3.63, 3.8) is 0 Å². The van der Waals surface area contributed by atoms with E-state index in [9.17, 15) is 19.8 Å². The number of nitrogens with zero attached hydrogens (tertiary/aromatic N) is 1. The van der Waals surface area contributed by atoms with Crippen molar-refractivity contribution in [2.24, 2.45) is 5.92 Å². The summed E-state index contributed by atoms with van der Waals surface area (Å²) in [5.74, 6) is -1.65. The van der Waals surface area contributed by atoms with Crippen LogP contribution in [0.3, 0.4) is 0 Å². The number of fused-ring (bicyclic) bond motifs is 1. The number of aliphatic carboxylic acids is 1. The monoisotopic (exact) mass is 511 g/mol. The lowest BCUT2D eigenvalue weighted by Gasteiger charge is -2.20. The highest BCUT2D eigenvalue weighted by atomic mass is 35.5. The Balaban J connectivity index is 1.81. The second-order valence-corrected chi connectivity index (χ2v) is 11.2. The minimum atomic E-state index is -0.967. The fourth-order valence-corrected chi connectivity index (χ4v) is 5.51. The van der Waals surface area contributed by atoms with Gasteiger partial charge in [-0.05, 0) is 56.4 Å². The summed E-state index contributed by atoms with van der Waals surface area (Å²) < 4.78 is 7.26. The molecule has 1 saturated carbocycles. The lowest BCUT2D eigenvalue weighted by molar-refractivity contribution is -0.155. The molecule has 3 aromatic rings. The molecule has 6 nitrogen and oxygen atoms in total. The van der Waals surface area contributed by atoms with E-state index in [4.69, 9.17) is 16.3 Å². The Bertz CT molecular complexity index is 1240. The van der Waals surface area contributed by atoms with Gasteiger partial charge in [0, 0.05) is 27.7 Å². The van der Waals surface area contributed by atoms with E-state index >= 15 is 0 Å². The van der Waals surface area contributed by atoms with E-state index in [0.29, 0.717) is 45.0 Å². The zero-order valence-corrected chi connectivity index (χ0v) is 21.8. The molecule has 2 N–H and O–H groups in total. The van der Waals surface area contributed by atoms with E-state index < -0.39 is 29.6 Å². The summed E-state index contributed by atoms with van der Waals surface area (Å²) in [6, 6.07) is 12.7. The van der Waals surface area contributed by atoms with Gasteiger partial charge in [0.1, 0.15) is 18.2 Å². The SMILES string of the molecule is CC(C)(C)OC(=O)Cn1cc(C(CC2CCCC2)C(=O)O)c2cc(Cl)c(C(O)c3ccccc3)cc21. The first-order valence-corrected chi connectivity index (χ1v) is 12.9. The normalized spacial score (nSPS) is 16.2. The molecule has 36 heavy (non-hydrogen) atoms. The van der Waals surface area contributed by atoms with Gasteiger partial charge in [0.05, 0.1) is 5.92 Å². The van der Waals surface area contributed by atoms with Gasteiger partial charge < -0.3 is 19.5 Å². The van der Waals surface area contributed by atoms with E-state index in [-0.39, 0.29) is 6.54 Å². The third-order valence-corrected chi connectivity index (χ3v) is 7.20. The largest absolute Gasteiger partial charge is 0.481 e. The van der Waals surface area contributed by atoms with Gasteiger partial charge in [-0.15, -0.1) is 0 Å². The Morgan fingerprint density at radius 2 is 1.78 bits per heavy atom. The zero-order chi connectivity index (χ0) is 26.0. The van der Waals surface area contributed by atoms with Crippen molar-refractivity contribution in [1.29, 1.82) is 0 Å². The van der Waals surface area contributed by atoms with Crippen molar-refractivity contribution < 1.29 is 24.5 Å². The number of rotatable bonds is 8. The van der Waals surface area contributed by atoms with Crippen LogP contribution < -0.4 is 0 Å². The highest BCUT2D eigenvalue weighted by Gasteiger charge is 2.30. The van der Waals surface area contributed by atoms with Crippen LogP contribution in [-0.2, 0) is 20.9 Å². The van der Waals surface area contributed by atoms with Gasteiger partial charge in [-0.3, -0.25) is 9.59 Å². The summed E-state index contributed by atoms with van der Waals surface area (Å²) in [7, 11) is 0. The fourth-order valence-electron chi connectivity index (χ4n) is 5.24. The van der Waals surface area contributed by atoms with E-state index in [0.717, 1.165) is 25.7 Å². The second-order valence-electron chi connectivity index (χ2n) is 10.8. The van der Waals surface area contributed by atoms with Gasteiger partial charge in [-0.25, -0.2) is 0 Å². The second kappa shape index (κ2) is 10.7. The number of carboxylic acid groups (broad SMARTS) is 1. The van der Waals surface area contributed by atoms with E-state index in [1.165, 1.54) is 0 Å². The van der Waals surface area contributed by atoms with Crippen molar-refractivity contribution in [3.05, 3.63) is 70.4 Å². The third-order valence-electron chi connectivity index (χ3n) is 6.88. The van der Waals surface area contributed by atoms with E-state index in [1.807, 2.05) is 30.3 Å². The number of carbonyl (C=O) groups excluding carboxylic acids is 1. The minimum Gasteiger partial charge on any atom is -0.481 e. The first kappa shape index (κ1) is 26.2. The lowest BCUT2D eigenvalue weighted by atomic mass is 9.87. The number of esters is 1. The third kappa shape index (κ3) is 5.93. The predicted molar refractivity (Wildman–Crippen MR) is 140 cm³/mol. The van der Waals surface area contributed by atoms with Crippen LogP contribution in [0.15, 0.2) is 48.7 Å². The lowest BCUT2D eigenvalue weighted by Crippen LogP contribution is -2.26. The number of aromatic nitrogens is 1. The maximum Gasteiger partial charge on any atom is 0.326 e. The number of halogens is 1. The molecule has 1 aliphatic carbocycles. The Labute approximate surface area is 216 Å². The molecule has 1 aromatic heterocycles. The highest BCUT2D eigenvalue weighted by Crippen LogP contribution is 2.40. The quantitative estimate of drug-likeness (QED) is 0.338. The van der Waals surface area contributed by atoms with Crippen LogP contribution in [-0.4, -0.2) is 32.3 Å². The molecule has 4 rings (SSSR count). The standard InChI is InChI=1S/C29H34ClNO5/c1-29(2,3)36-26(32)17-31-16-23(21(28(34)35)13-18-9-7-8-10-18)20-14-24(30)22(15-25(20)31)27(33)19-11-5-4-6-12-19/h4-6,11-12,14-16,18,21,27,33H,7-10,13,17H2,1-3H3,(H,34,35). The van der Waals surface area contributed by atoms with Crippen LogP contribution in [0.1, 0.15) is 81.6 Å². The van der Waals surface area contributed by atoms with E-state index in [2.05, 4.69) is 0 Å². The molecule has 0 saturated heterocycles. The van der Waals surface area contributed by atoms with Crippen LogP contribution >= 0.6 is 11.6 Å². The molecule has 1 fully saturated rings. The fraction of sp³-hybridized carbons (Fsp3) is 0.448. The number of ether oxygens (including phenoxy) is 1. The Morgan fingerprint density at radius 3 is 2.39 bits per heavy atom. The molecule has 0 amide bonds. The maximum atomic E-state index is 12.7. The number of carboxylic acids is 1. The molecule has 0 spiro atoms. The minimum absolute atomic E-state index is 0.0773. The number of benzene rings is 2. The average Bonchev–Trinajstić information content (AvgIpc) is 3.43. The smallest absolute Gasteiger partial charge is 0.326 e. The molecule has 1 heterocycles. The molecular weight excluding hydrogens is 478 g/mol. The van der Waals surface area contributed by atoms with Crippen LogP contribution in [0.2, 0.25) is 5.02 Å². The molecular formula is C29H34ClNO5. The average molecular weight is 512 g/mol. The van der Waals surface area contributed by atoms with Crippen molar-refractivity contribution in [3.8, 4) is 0 Å². The number of aliphatic hydroxyl groups is 1. The molecule has 2 aromatic carbocycles. The van der Waals surface area contributed by atoms with Crippen molar-refractivity contribution in [2.45, 2.75) is 77.0 Å². The van der Waals surface area contributed by atoms with Gasteiger partial charge in [-0.2, -0.15) is 0 Å². The predicted octanol–water partition coefficient (Wildman–Crippen LogP) is 6.47. The molecule has 0 bridgehead atoms. The molecule has 0 aliphatic heterocycles. The zero-order valence-electron chi connectivity index (χ0n) is 21.0. The van der Waals surface area contributed by atoms with Gasteiger partial charge in [0.25, 0.3) is 0 Å². The Kier molecular flexibility index (Phi) is 7.76. The summed E-state index contributed by atoms with van der Waals surface area (Å²) in [6.45, 7) is 5.34. The van der Waals surface area contributed by atoms with Crippen LogP contribution in [0.25, 0.3) is 10.9 Å². The van der Waals surface area contributed by atoms with Crippen LogP contribution in [0.5, 0.6) is 0 Å². The maximum absolute atomic E-state index is 12.7. The molecule has 1 aliphatic rings. The Morgan fingerprint density at radius 1 is 1.11 bits per heavy atom. The van der Waals surface area contributed by atoms with Crippen molar-refractivity contribution in [1.82, 2.24) is 4.57 Å². The summed E-state index contributed by atoms with van der Waals surface area (Å²) in [5.41, 5.74) is 1.81. The number of hydrogen-bond acceptors (Lipinski definition) is 4. The Hall–Kier alpha value is -2.83. The van der Waals surface area contributed by atoms with Crippen LogP contribution in [0, 0.1) is 5.92 Å². The van der Waals surface area contributed by atoms with Gasteiger partial charge in [0.2, 0.25) is 0 Å². The van der Waals surface area contributed by atoms with Crippen LogP contribution in [0.4, 0.5) is 0 Å². The molecule has 0 radical (unpaired) electrons. The number of aliphatic hydroxyl groups excluding tert-OH is 1. The first-order chi connectivity index (χ1) is 17.0. The molecule has 2 unspecified atom stereocenters. The number of carbonyl (C=O) groups is 2. The highest BCUT2D eigenvalue weighted by molar-refractivity contribution is 6.32. The van der Waals surface area contributed by atoms with Crippen molar-refractivity contribution in [2.75, 3.05) is 0 Å². The topological polar surface area (TPSA) is 88.8 Å². The summed E-state index contributed by atoms with van der Waals surface area (Å²) in [4.78, 5) is 25.2. The molecule has 192 valence electrons. The van der Waals surface area contributed by atoms with E-state index in [1.54, 1.807) is 43.7 Å². The van der Waals surface area contributed by atoms with Gasteiger partial charge in [0.15, 0.2) is 0 Å². The van der Waals surface area contributed by atoms with Gasteiger partial charge >= 0.3 is 11.9 Å². The molecule has 7 heteroatoms. The summed E-state index contributed by atoms with van der Waals surface area (Å²) in [5, 5.41) is 22.3. The summed E-state index contributed by atoms with van der Waals surface area (Å²) >= 11 is 6.67. The van der Waals surface area contributed by atoms with Crippen molar-refractivity contribution >= 4 is 34.4 Å². The summed E-state index contributed by atoms with van der Waals surface area (Å²) in [6.07, 6.45) is 5.66. The van der Waals surface area contributed by atoms with Gasteiger partial charge in [-0.1, -0.05) is 67.6 Å². The number of hydrogen-bond donors (Lipinski definition) is 2. The first-order valence-electron chi connectivity index (χ1n) is 12.5. The molecule has 2 atom stereocenters.